The zero-order valence-electron chi connectivity index (χ0n) is 17.6. The van der Waals surface area contributed by atoms with Gasteiger partial charge in [0.2, 0.25) is 0 Å². The third-order valence-electron chi connectivity index (χ3n) is 4.18. The number of nitrogens with zero attached hydrogens (tertiary/aromatic N) is 1. The first-order valence-corrected chi connectivity index (χ1v) is 11.5. The summed E-state index contributed by atoms with van der Waals surface area (Å²) in [6, 6.07) is 0. The fourth-order valence-electron chi connectivity index (χ4n) is 2.78. The first-order valence-electron chi connectivity index (χ1n) is 10.1. The molecule has 0 aromatic carbocycles. The van der Waals surface area contributed by atoms with Crippen LogP contribution in [0.1, 0.15) is 96.8 Å². The Morgan fingerprint density at radius 2 is 0.846 bits per heavy atom. The Morgan fingerprint density at radius 1 is 0.615 bits per heavy atom. The smallest absolute Gasteiger partial charge is 0.394 e. The van der Waals surface area contributed by atoms with Gasteiger partial charge in [0.1, 0.15) is 0 Å². The molecule has 0 unspecified atom stereocenters. The van der Waals surface area contributed by atoms with Gasteiger partial charge in [-0.3, -0.25) is 9.11 Å². The summed E-state index contributed by atoms with van der Waals surface area (Å²) >= 11 is 0. The van der Waals surface area contributed by atoms with Gasteiger partial charge in [-0.15, -0.1) is 0 Å². The lowest BCUT2D eigenvalue weighted by molar-refractivity contribution is -0.870. The van der Waals surface area contributed by atoms with Crippen LogP contribution in [0.3, 0.4) is 0 Å². The number of rotatable bonds is 15. The number of unbranched alkanes of at least 4 members (excludes halogenated alkanes) is 13. The standard InChI is InChI=1S/C19H42N.BrH.H2O4S/c1-5-6-7-8-9-10-11-12-13-14-15-16-17-18-19-20(2,3)4;;1-5(2,3)4/h5-19H2,1-4H3;1H;(H2,1,2,3,4)/q+1;;/p-1. The maximum atomic E-state index is 8.74. The van der Waals surface area contributed by atoms with E-state index in [1.807, 2.05) is 0 Å². The predicted octanol–water partition coefficient (Wildman–Crippen LogP) is 2.53. The van der Waals surface area contributed by atoms with E-state index in [2.05, 4.69) is 28.1 Å². The van der Waals surface area contributed by atoms with Crippen LogP contribution in [-0.4, -0.2) is 49.7 Å². The monoisotopic (exact) mass is 461 g/mol. The fraction of sp³-hybridized carbons (Fsp3) is 1.00. The summed E-state index contributed by atoms with van der Waals surface area (Å²) in [6.07, 6.45) is 20.4. The minimum atomic E-state index is -4.67. The molecule has 26 heavy (non-hydrogen) atoms. The molecule has 0 aliphatic heterocycles. The van der Waals surface area contributed by atoms with Gasteiger partial charge >= 0.3 is 10.4 Å². The van der Waals surface area contributed by atoms with Crippen LogP contribution in [0.5, 0.6) is 0 Å². The minimum Gasteiger partial charge on any atom is -1.00 e. The number of hydrogen-bond donors (Lipinski definition) is 2. The van der Waals surface area contributed by atoms with Crippen molar-refractivity contribution in [3.05, 3.63) is 0 Å². The maximum absolute atomic E-state index is 8.74. The van der Waals surface area contributed by atoms with Crippen LogP contribution in [-0.2, 0) is 10.4 Å². The molecule has 0 aliphatic carbocycles. The van der Waals surface area contributed by atoms with Gasteiger partial charge in [0, 0.05) is 0 Å². The third-order valence-corrected chi connectivity index (χ3v) is 4.18. The van der Waals surface area contributed by atoms with Crippen LogP contribution in [0, 0.1) is 0 Å². The van der Waals surface area contributed by atoms with E-state index >= 15 is 0 Å². The number of hydrogen-bond acceptors (Lipinski definition) is 2. The molecular weight excluding hydrogens is 418 g/mol. The van der Waals surface area contributed by atoms with Gasteiger partial charge in [-0.1, -0.05) is 84.0 Å². The molecule has 162 valence electrons. The zero-order valence-corrected chi connectivity index (χ0v) is 20.0. The molecule has 0 amide bonds. The molecule has 0 rings (SSSR count). The van der Waals surface area contributed by atoms with Crippen molar-refractivity contribution < 1.29 is 39.0 Å². The molecule has 0 atom stereocenters. The first-order chi connectivity index (χ1) is 11.6. The van der Waals surface area contributed by atoms with E-state index < -0.39 is 10.4 Å². The van der Waals surface area contributed by atoms with Crippen molar-refractivity contribution in [2.45, 2.75) is 96.8 Å². The Kier molecular flexibility index (Phi) is 23.9. The van der Waals surface area contributed by atoms with Crippen molar-refractivity contribution in [3.63, 3.8) is 0 Å². The van der Waals surface area contributed by atoms with Crippen LogP contribution in [0.25, 0.3) is 0 Å². The molecule has 7 heteroatoms. The molecule has 0 aromatic rings. The Balaban J connectivity index is -0.000000772. The summed E-state index contributed by atoms with van der Waals surface area (Å²) in [4.78, 5) is 0. The van der Waals surface area contributed by atoms with E-state index in [-0.39, 0.29) is 17.0 Å². The molecule has 0 saturated heterocycles. The molecule has 0 aliphatic rings. The number of quaternary nitrogens is 1. The molecule has 0 aromatic heterocycles. The second-order valence-electron chi connectivity index (χ2n) is 8.06. The highest BCUT2D eigenvalue weighted by atomic mass is 79.9. The highest BCUT2D eigenvalue weighted by Crippen LogP contribution is 2.13. The Morgan fingerprint density at radius 3 is 1.08 bits per heavy atom. The largest absolute Gasteiger partial charge is 1.00 e. The van der Waals surface area contributed by atoms with Crippen LogP contribution in [0.15, 0.2) is 0 Å². The normalized spacial score (nSPS) is 11.5. The summed E-state index contributed by atoms with van der Waals surface area (Å²) in [5.74, 6) is 0. The quantitative estimate of drug-likeness (QED) is 0.223. The second kappa shape index (κ2) is 20.1. The summed E-state index contributed by atoms with van der Waals surface area (Å²) in [6.45, 7) is 3.63. The van der Waals surface area contributed by atoms with Crippen LogP contribution in [0.2, 0.25) is 0 Å². The topological polar surface area (TPSA) is 74.6 Å². The molecule has 0 spiro atoms. The molecular formula is C19H44BrNO4S. The molecule has 2 N–H and O–H groups in total. The summed E-state index contributed by atoms with van der Waals surface area (Å²) in [5, 5.41) is 0. The van der Waals surface area contributed by atoms with E-state index in [9.17, 15) is 0 Å². The maximum Gasteiger partial charge on any atom is 0.394 e. The molecule has 0 saturated carbocycles. The molecule has 0 fully saturated rings. The van der Waals surface area contributed by atoms with Crippen molar-refractivity contribution in [3.8, 4) is 0 Å². The second-order valence-corrected chi connectivity index (χ2v) is 8.95. The molecule has 0 heterocycles. The van der Waals surface area contributed by atoms with Gasteiger partial charge in [-0.2, -0.15) is 8.42 Å². The Hall–Kier alpha value is 0.310. The van der Waals surface area contributed by atoms with E-state index in [1.165, 1.54) is 96.4 Å². The van der Waals surface area contributed by atoms with Gasteiger partial charge < -0.3 is 21.5 Å². The summed E-state index contributed by atoms with van der Waals surface area (Å²) < 4.78 is 32.7. The summed E-state index contributed by atoms with van der Waals surface area (Å²) in [5.41, 5.74) is 0. The Bertz CT molecular complexity index is 362. The molecule has 0 bridgehead atoms. The van der Waals surface area contributed by atoms with Crippen LogP contribution in [0.4, 0.5) is 0 Å². The first kappa shape index (κ1) is 31.0. The van der Waals surface area contributed by atoms with Crippen LogP contribution < -0.4 is 17.0 Å². The highest BCUT2D eigenvalue weighted by molar-refractivity contribution is 7.79. The van der Waals surface area contributed by atoms with E-state index in [0.717, 1.165) is 4.48 Å². The van der Waals surface area contributed by atoms with E-state index in [1.54, 1.807) is 0 Å². The summed E-state index contributed by atoms with van der Waals surface area (Å²) in [7, 11) is 2.22. The van der Waals surface area contributed by atoms with Gasteiger partial charge in [-0.05, 0) is 12.8 Å². The lowest BCUT2D eigenvalue weighted by atomic mass is 10.0. The average molecular weight is 463 g/mol. The van der Waals surface area contributed by atoms with Crippen molar-refractivity contribution in [2.24, 2.45) is 0 Å². The molecule has 5 nitrogen and oxygen atoms in total. The third kappa shape index (κ3) is 44.1. The predicted molar refractivity (Wildman–Crippen MR) is 107 cm³/mol. The van der Waals surface area contributed by atoms with Gasteiger partial charge in [0.25, 0.3) is 0 Å². The fourth-order valence-corrected chi connectivity index (χ4v) is 2.78. The van der Waals surface area contributed by atoms with Crippen molar-refractivity contribution in [2.75, 3.05) is 27.7 Å². The van der Waals surface area contributed by atoms with Crippen molar-refractivity contribution in [1.82, 2.24) is 0 Å². The van der Waals surface area contributed by atoms with E-state index in [4.69, 9.17) is 17.5 Å². The van der Waals surface area contributed by atoms with Gasteiger partial charge in [0.15, 0.2) is 0 Å². The average Bonchev–Trinajstić information content (AvgIpc) is 2.45. The number of halogens is 1. The van der Waals surface area contributed by atoms with Crippen molar-refractivity contribution >= 4 is 10.4 Å². The highest BCUT2D eigenvalue weighted by Gasteiger charge is 2.04. The Labute approximate surface area is 173 Å². The lowest BCUT2D eigenvalue weighted by Crippen LogP contribution is -3.00. The molecule has 0 radical (unpaired) electrons. The minimum absolute atomic E-state index is 0. The van der Waals surface area contributed by atoms with Crippen molar-refractivity contribution in [1.29, 1.82) is 0 Å². The SMILES string of the molecule is CCCCCCCCCCCCCCCC[N+](C)(C)C.O=S(=O)(O)O.[Br-]. The zero-order chi connectivity index (χ0) is 19.6. The van der Waals surface area contributed by atoms with Gasteiger partial charge in [0.05, 0.1) is 27.7 Å². The van der Waals surface area contributed by atoms with Gasteiger partial charge in [-0.25, -0.2) is 0 Å². The van der Waals surface area contributed by atoms with Crippen LogP contribution >= 0.6 is 0 Å². The lowest BCUT2D eigenvalue weighted by Gasteiger charge is -2.23. The van der Waals surface area contributed by atoms with E-state index in [0.29, 0.717) is 0 Å².